The first-order chi connectivity index (χ1) is 10.2. The molecule has 0 aliphatic heterocycles. The lowest BCUT2D eigenvalue weighted by Gasteiger charge is -2.17. The number of nitrogens with zero attached hydrogens (tertiary/aromatic N) is 2. The van der Waals surface area contributed by atoms with Crippen LogP contribution in [0, 0.1) is 6.92 Å². The van der Waals surface area contributed by atoms with E-state index in [0.717, 1.165) is 42.2 Å². The van der Waals surface area contributed by atoms with Crippen LogP contribution in [0.1, 0.15) is 42.5 Å². The number of imidazole rings is 1. The monoisotopic (exact) mass is 285 g/mol. The van der Waals surface area contributed by atoms with Crippen LogP contribution in [-0.2, 0) is 19.4 Å². The SMILES string of the molecule is CCOc1ccc(N)cc1Cn1c(C)nc2c1CCCC2. The predicted molar refractivity (Wildman–Crippen MR) is 84.7 cm³/mol. The van der Waals surface area contributed by atoms with Crippen molar-refractivity contribution in [2.75, 3.05) is 12.3 Å². The van der Waals surface area contributed by atoms with E-state index in [0.29, 0.717) is 6.61 Å². The Morgan fingerprint density at radius 2 is 2.10 bits per heavy atom. The highest BCUT2D eigenvalue weighted by molar-refractivity contribution is 5.48. The van der Waals surface area contributed by atoms with Crippen molar-refractivity contribution in [2.24, 2.45) is 0 Å². The predicted octanol–water partition coefficient (Wildman–Crippen LogP) is 3.10. The second kappa shape index (κ2) is 5.80. The van der Waals surface area contributed by atoms with E-state index in [1.807, 2.05) is 25.1 Å². The van der Waals surface area contributed by atoms with Gasteiger partial charge in [-0.15, -0.1) is 0 Å². The van der Waals surface area contributed by atoms with E-state index < -0.39 is 0 Å². The zero-order valence-corrected chi connectivity index (χ0v) is 12.9. The highest BCUT2D eigenvalue weighted by Gasteiger charge is 2.19. The number of nitrogens with two attached hydrogens (primary N) is 1. The third-order valence-electron chi connectivity index (χ3n) is 4.14. The average Bonchev–Trinajstić information content (AvgIpc) is 2.78. The molecule has 0 fully saturated rings. The first-order valence-electron chi connectivity index (χ1n) is 7.75. The fourth-order valence-electron chi connectivity index (χ4n) is 3.14. The lowest BCUT2D eigenvalue weighted by molar-refractivity contribution is 0.335. The van der Waals surface area contributed by atoms with Crippen LogP contribution in [0.15, 0.2) is 18.2 Å². The Kier molecular flexibility index (Phi) is 3.86. The van der Waals surface area contributed by atoms with Crippen molar-refractivity contribution in [1.82, 2.24) is 9.55 Å². The zero-order valence-electron chi connectivity index (χ0n) is 12.9. The second-order valence-electron chi connectivity index (χ2n) is 5.65. The van der Waals surface area contributed by atoms with Gasteiger partial charge in [-0.3, -0.25) is 0 Å². The van der Waals surface area contributed by atoms with E-state index in [2.05, 4.69) is 11.5 Å². The largest absolute Gasteiger partial charge is 0.494 e. The number of hydrogen-bond acceptors (Lipinski definition) is 3. The minimum Gasteiger partial charge on any atom is -0.494 e. The summed E-state index contributed by atoms with van der Waals surface area (Å²) in [6, 6.07) is 5.87. The summed E-state index contributed by atoms with van der Waals surface area (Å²) in [6.07, 6.45) is 4.75. The summed E-state index contributed by atoms with van der Waals surface area (Å²) in [5, 5.41) is 0. The molecule has 1 aliphatic rings. The van der Waals surface area contributed by atoms with Crippen molar-refractivity contribution in [3.8, 4) is 5.75 Å². The third kappa shape index (κ3) is 2.75. The molecule has 0 saturated carbocycles. The lowest BCUT2D eigenvalue weighted by Crippen LogP contribution is -2.11. The summed E-state index contributed by atoms with van der Waals surface area (Å²) in [7, 11) is 0. The van der Waals surface area contributed by atoms with Crippen molar-refractivity contribution in [1.29, 1.82) is 0 Å². The first kappa shape index (κ1) is 14.0. The normalized spacial score (nSPS) is 14.0. The molecule has 0 bridgehead atoms. The molecule has 2 N–H and O–H groups in total. The quantitative estimate of drug-likeness (QED) is 0.878. The molecule has 1 heterocycles. The number of benzene rings is 1. The highest BCUT2D eigenvalue weighted by Crippen LogP contribution is 2.27. The first-order valence-corrected chi connectivity index (χ1v) is 7.75. The number of ether oxygens (including phenoxy) is 1. The minimum atomic E-state index is 0.665. The molecule has 1 aliphatic carbocycles. The number of nitrogen functional groups attached to an aromatic ring is 1. The van der Waals surface area contributed by atoms with E-state index in [4.69, 9.17) is 15.5 Å². The number of rotatable bonds is 4. The lowest BCUT2D eigenvalue weighted by atomic mass is 10.0. The number of hydrogen-bond donors (Lipinski definition) is 1. The molecule has 1 aromatic heterocycles. The van der Waals surface area contributed by atoms with Gasteiger partial charge in [-0.05, 0) is 57.7 Å². The van der Waals surface area contributed by atoms with Gasteiger partial charge in [0.1, 0.15) is 11.6 Å². The molecule has 3 rings (SSSR count). The van der Waals surface area contributed by atoms with Gasteiger partial charge in [0.25, 0.3) is 0 Å². The number of aromatic nitrogens is 2. The Hall–Kier alpha value is -1.97. The Morgan fingerprint density at radius 1 is 1.29 bits per heavy atom. The van der Waals surface area contributed by atoms with Crippen molar-refractivity contribution in [3.05, 3.63) is 41.0 Å². The van der Waals surface area contributed by atoms with Crippen LogP contribution in [0.4, 0.5) is 5.69 Å². The van der Waals surface area contributed by atoms with Crippen LogP contribution in [0.25, 0.3) is 0 Å². The average molecular weight is 285 g/mol. The molecule has 1 aromatic carbocycles. The van der Waals surface area contributed by atoms with Crippen molar-refractivity contribution < 1.29 is 4.74 Å². The summed E-state index contributed by atoms with van der Waals surface area (Å²) in [5.41, 5.74) is 10.5. The van der Waals surface area contributed by atoms with Crippen molar-refractivity contribution >= 4 is 5.69 Å². The molecule has 0 spiro atoms. The van der Waals surface area contributed by atoms with Gasteiger partial charge in [0.2, 0.25) is 0 Å². The van der Waals surface area contributed by atoms with Gasteiger partial charge in [0, 0.05) is 16.9 Å². The second-order valence-corrected chi connectivity index (χ2v) is 5.65. The van der Waals surface area contributed by atoms with Gasteiger partial charge in [-0.2, -0.15) is 0 Å². The maximum absolute atomic E-state index is 5.95. The maximum atomic E-state index is 5.95. The van der Waals surface area contributed by atoms with Crippen molar-refractivity contribution in [2.45, 2.75) is 46.1 Å². The van der Waals surface area contributed by atoms with Gasteiger partial charge in [-0.1, -0.05) is 0 Å². The topological polar surface area (TPSA) is 53.1 Å². The Morgan fingerprint density at radius 3 is 2.90 bits per heavy atom. The molecule has 0 unspecified atom stereocenters. The van der Waals surface area contributed by atoms with Crippen LogP contribution < -0.4 is 10.5 Å². The Balaban J connectivity index is 1.97. The fourth-order valence-corrected chi connectivity index (χ4v) is 3.14. The molecule has 4 heteroatoms. The summed E-state index contributed by atoms with van der Waals surface area (Å²) in [4.78, 5) is 4.74. The number of anilines is 1. The number of aryl methyl sites for hydroxylation is 2. The van der Waals surface area contributed by atoms with Gasteiger partial charge in [0.15, 0.2) is 0 Å². The molecule has 0 radical (unpaired) electrons. The van der Waals surface area contributed by atoms with E-state index >= 15 is 0 Å². The van der Waals surface area contributed by atoms with Crippen LogP contribution in [0.2, 0.25) is 0 Å². The van der Waals surface area contributed by atoms with E-state index in [1.165, 1.54) is 24.2 Å². The molecular weight excluding hydrogens is 262 g/mol. The van der Waals surface area contributed by atoms with E-state index in [9.17, 15) is 0 Å². The van der Waals surface area contributed by atoms with Gasteiger partial charge >= 0.3 is 0 Å². The maximum Gasteiger partial charge on any atom is 0.124 e. The van der Waals surface area contributed by atoms with Gasteiger partial charge in [-0.25, -0.2) is 4.98 Å². The molecule has 0 atom stereocenters. The summed E-state index contributed by atoms with van der Waals surface area (Å²) in [5.74, 6) is 2.01. The molecule has 0 amide bonds. The highest BCUT2D eigenvalue weighted by atomic mass is 16.5. The molecule has 4 nitrogen and oxygen atoms in total. The van der Waals surface area contributed by atoms with Crippen LogP contribution >= 0.6 is 0 Å². The molecule has 0 saturated heterocycles. The number of fused-ring (bicyclic) bond motifs is 1. The summed E-state index contributed by atoms with van der Waals surface area (Å²) < 4.78 is 8.06. The van der Waals surface area contributed by atoms with E-state index in [-0.39, 0.29) is 0 Å². The van der Waals surface area contributed by atoms with Gasteiger partial charge < -0.3 is 15.0 Å². The Bertz CT molecular complexity index is 646. The smallest absolute Gasteiger partial charge is 0.124 e. The minimum absolute atomic E-state index is 0.665. The molecular formula is C17H23N3O. The summed E-state index contributed by atoms with van der Waals surface area (Å²) in [6.45, 7) is 5.54. The zero-order chi connectivity index (χ0) is 14.8. The molecule has 21 heavy (non-hydrogen) atoms. The molecule has 2 aromatic rings. The Labute approximate surface area is 125 Å². The molecule has 112 valence electrons. The standard InChI is InChI=1S/C17H23N3O/c1-3-21-17-9-8-14(18)10-13(17)11-20-12(2)19-15-6-4-5-7-16(15)20/h8-10H,3-7,11,18H2,1-2H3. The van der Waals surface area contributed by atoms with Gasteiger partial charge in [0.05, 0.1) is 18.8 Å². The van der Waals surface area contributed by atoms with E-state index in [1.54, 1.807) is 0 Å². The summed E-state index contributed by atoms with van der Waals surface area (Å²) >= 11 is 0. The van der Waals surface area contributed by atoms with Crippen LogP contribution in [0.3, 0.4) is 0 Å². The third-order valence-corrected chi connectivity index (χ3v) is 4.14. The van der Waals surface area contributed by atoms with Crippen LogP contribution in [-0.4, -0.2) is 16.2 Å². The van der Waals surface area contributed by atoms with Crippen molar-refractivity contribution in [3.63, 3.8) is 0 Å². The fraction of sp³-hybridized carbons (Fsp3) is 0.471. The van der Waals surface area contributed by atoms with Crippen LogP contribution in [0.5, 0.6) is 5.75 Å².